The molecule has 2 aromatic rings. The lowest BCUT2D eigenvalue weighted by molar-refractivity contribution is -0.113. The van der Waals surface area contributed by atoms with Crippen molar-refractivity contribution in [1.82, 2.24) is 0 Å². The number of hydrogen-bond donors (Lipinski definition) is 2. The van der Waals surface area contributed by atoms with Crippen LogP contribution in [0.5, 0.6) is 0 Å². The van der Waals surface area contributed by atoms with Crippen LogP contribution < -0.4 is 10.0 Å². The number of rotatable bonds is 5. The molecule has 2 rings (SSSR count). The fourth-order valence-electron chi connectivity index (χ4n) is 1.85. The topological polar surface area (TPSA) is 75.3 Å². The molecule has 0 aliphatic carbocycles. The number of nitrogens with one attached hydrogen (secondary N) is 2. The first kappa shape index (κ1) is 16.5. The van der Waals surface area contributed by atoms with Crippen molar-refractivity contribution in [3.05, 3.63) is 54.1 Å². The SMILES string of the molecule is Cc1cc(NC(=O)CBr)ccc1NS(=O)(=O)c1ccccc1. The molecular formula is C15H15BrN2O3S. The Balaban J connectivity index is 2.22. The summed E-state index contributed by atoms with van der Waals surface area (Å²) in [5.41, 5.74) is 1.80. The second-order valence-electron chi connectivity index (χ2n) is 4.63. The first-order valence-corrected chi connectivity index (χ1v) is 9.07. The summed E-state index contributed by atoms with van der Waals surface area (Å²) in [5.74, 6) is -0.169. The van der Waals surface area contributed by atoms with E-state index in [0.717, 1.165) is 0 Å². The van der Waals surface area contributed by atoms with Crippen LogP contribution in [0.2, 0.25) is 0 Å². The Bertz CT molecular complexity index is 777. The van der Waals surface area contributed by atoms with E-state index in [1.165, 1.54) is 12.1 Å². The lowest BCUT2D eigenvalue weighted by atomic mass is 10.2. The van der Waals surface area contributed by atoms with Gasteiger partial charge in [-0.05, 0) is 42.8 Å². The first-order valence-electron chi connectivity index (χ1n) is 6.47. The van der Waals surface area contributed by atoms with Gasteiger partial charge in [0, 0.05) is 5.69 Å². The third-order valence-corrected chi connectivity index (χ3v) is 4.82. The maximum atomic E-state index is 12.3. The molecule has 0 bridgehead atoms. The standard InChI is InChI=1S/C15H15BrN2O3S/c1-11-9-12(17-15(19)10-16)7-8-14(11)18-22(20,21)13-5-3-2-4-6-13/h2-9,18H,10H2,1H3,(H,17,19). The van der Waals surface area contributed by atoms with E-state index in [0.29, 0.717) is 16.9 Å². The zero-order valence-electron chi connectivity index (χ0n) is 11.8. The van der Waals surface area contributed by atoms with E-state index < -0.39 is 10.0 Å². The Morgan fingerprint density at radius 3 is 2.41 bits per heavy atom. The summed E-state index contributed by atoms with van der Waals surface area (Å²) in [6, 6.07) is 13.1. The van der Waals surface area contributed by atoms with Crippen LogP contribution in [-0.2, 0) is 14.8 Å². The highest BCUT2D eigenvalue weighted by molar-refractivity contribution is 9.09. The summed E-state index contributed by atoms with van der Waals surface area (Å²) in [5, 5.41) is 2.89. The molecule has 0 heterocycles. The summed E-state index contributed by atoms with van der Waals surface area (Å²) < 4.78 is 27.1. The Morgan fingerprint density at radius 2 is 1.82 bits per heavy atom. The molecule has 0 aliphatic rings. The van der Waals surface area contributed by atoms with E-state index in [2.05, 4.69) is 26.0 Å². The molecule has 0 unspecified atom stereocenters. The molecule has 0 saturated heterocycles. The Labute approximate surface area is 137 Å². The van der Waals surface area contributed by atoms with Crippen molar-refractivity contribution in [1.29, 1.82) is 0 Å². The number of amides is 1. The summed E-state index contributed by atoms with van der Waals surface area (Å²) >= 11 is 3.07. The summed E-state index contributed by atoms with van der Waals surface area (Å²) in [7, 11) is -3.62. The number of anilines is 2. The minimum atomic E-state index is -3.62. The van der Waals surface area contributed by atoms with Crippen LogP contribution in [0.3, 0.4) is 0 Å². The van der Waals surface area contributed by atoms with Crippen LogP contribution in [0.15, 0.2) is 53.4 Å². The molecule has 0 atom stereocenters. The van der Waals surface area contributed by atoms with Crippen molar-refractivity contribution in [2.24, 2.45) is 0 Å². The van der Waals surface area contributed by atoms with E-state index in [-0.39, 0.29) is 16.1 Å². The highest BCUT2D eigenvalue weighted by Crippen LogP contribution is 2.23. The maximum absolute atomic E-state index is 12.3. The molecule has 0 aliphatic heterocycles. The fourth-order valence-corrected chi connectivity index (χ4v) is 3.15. The molecule has 2 aromatic carbocycles. The van der Waals surface area contributed by atoms with Gasteiger partial charge in [0.05, 0.1) is 15.9 Å². The van der Waals surface area contributed by atoms with Crippen LogP contribution in [-0.4, -0.2) is 19.7 Å². The number of carbonyl (C=O) groups is 1. The highest BCUT2D eigenvalue weighted by atomic mass is 79.9. The largest absolute Gasteiger partial charge is 0.325 e. The minimum Gasteiger partial charge on any atom is -0.325 e. The Kier molecular flexibility index (Phi) is 5.20. The fraction of sp³-hybridized carbons (Fsp3) is 0.133. The van der Waals surface area contributed by atoms with Gasteiger partial charge in [0.25, 0.3) is 10.0 Å². The third-order valence-electron chi connectivity index (χ3n) is 2.93. The number of aryl methyl sites for hydroxylation is 1. The molecule has 1 amide bonds. The third kappa shape index (κ3) is 4.08. The number of hydrogen-bond acceptors (Lipinski definition) is 3. The molecular weight excluding hydrogens is 368 g/mol. The quantitative estimate of drug-likeness (QED) is 0.779. The number of halogens is 1. The van der Waals surface area contributed by atoms with Gasteiger partial charge in [0.2, 0.25) is 5.91 Å². The second kappa shape index (κ2) is 6.93. The maximum Gasteiger partial charge on any atom is 0.261 e. The van der Waals surface area contributed by atoms with Crippen LogP contribution >= 0.6 is 15.9 Å². The molecule has 5 nitrogen and oxygen atoms in total. The highest BCUT2D eigenvalue weighted by Gasteiger charge is 2.14. The predicted octanol–water partition coefficient (Wildman–Crippen LogP) is 3.13. The average Bonchev–Trinajstić information content (AvgIpc) is 2.50. The van der Waals surface area contributed by atoms with E-state index in [9.17, 15) is 13.2 Å². The summed E-state index contributed by atoms with van der Waals surface area (Å²) in [4.78, 5) is 11.5. The van der Waals surface area contributed by atoms with Crippen LogP contribution in [0, 0.1) is 6.92 Å². The number of carbonyl (C=O) groups excluding carboxylic acids is 1. The zero-order chi connectivity index (χ0) is 16.2. The second-order valence-corrected chi connectivity index (χ2v) is 6.87. The van der Waals surface area contributed by atoms with Gasteiger partial charge in [-0.2, -0.15) is 0 Å². The van der Waals surface area contributed by atoms with Crippen LogP contribution in [0.1, 0.15) is 5.56 Å². The van der Waals surface area contributed by atoms with E-state index in [4.69, 9.17) is 0 Å². The van der Waals surface area contributed by atoms with Gasteiger partial charge in [-0.1, -0.05) is 34.1 Å². The number of sulfonamides is 1. The number of alkyl halides is 1. The van der Waals surface area contributed by atoms with E-state index >= 15 is 0 Å². The molecule has 7 heteroatoms. The molecule has 22 heavy (non-hydrogen) atoms. The lowest BCUT2D eigenvalue weighted by Crippen LogP contribution is -2.15. The van der Waals surface area contributed by atoms with Crippen molar-refractivity contribution in [2.75, 3.05) is 15.4 Å². The van der Waals surface area contributed by atoms with Gasteiger partial charge in [0.1, 0.15) is 0 Å². The Hall–Kier alpha value is -1.86. The van der Waals surface area contributed by atoms with E-state index in [1.54, 1.807) is 43.3 Å². The van der Waals surface area contributed by atoms with Gasteiger partial charge in [0.15, 0.2) is 0 Å². The smallest absolute Gasteiger partial charge is 0.261 e. The molecule has 0 radical (unpaired) electrons. The molecule has 0 saturated carbocycles. The lowest BCUT2D eigenvalue weighted by Gasteiger charge is -2.12. The minimum absolute atomic E-state index is 0.169. The van der Waals surface area contributed by atoms with Gasteiger partial charge < -0.3 is 5.32 Å². The van der Waals surface area contributed by atoms with Crippen molar-refractivity contribution < 1.29 is 13.2 Å². The zero-order valence-corrected chi connectivity index (χ0v) is 14.2. The van der Waals surface area contributed by atoms with Crippen molar-refractivity contribution in [2.45, 2.75) is 11.8 Å². The van der Waals surface area contributed by atoms with Crippen molar-refractivity contribution in [3.8, 4) is 0 Å². The molecule has 0 aromatic heterocycles. The van der Waals surface area contributed by atoms with E-state index in [1.807, 2.05) is 0 Å². The molecule has 0 spiro atoms. The van der Waals surface area contributed by atoms with Crippen molar-refractivity contribution >= 4 is 43.2 Å². The summed E-state index contributed by atoms with van der Waals surface area (Å²) in [6.45, 7) is 1.77. The average molecular weight is 383 g/mol. The normalized spacial score (nSPS) is 11.0. The number of benzene rings is 2. The molecule has 2 N–H and O–H groups in total. The monoisotopic (exact) mass is 382 g/mol. The van der Waals surface area contributed by atoms with Gasteiger partial charge in [-0.15, -0.1) is 0 Å². The van der Waals surface area contributed by atoms with Crippen LogP contribution in [0.4, 0.5) is 11.4 Å². The Morgan fingerprint density at radius 1 is 1.14 bits per heavy atom. The summed E-state index contributed by atoms with van der Waals surface area (Å²) in [6.07, 6.45) is 0. The van der Waals surface area contributed by atoms with Crippen molar-refractivity contribution in [3.63, 3.8) is 0 Å². The van der Waals surface area contributed by atoms with Gasteiger partial charge in [-0.3, -0.25) is 9.52 Å². The molecule has 116 valence electrons. The van der Waals surface area contributed by atoms with Gasteiger partial charge in [-0.25, -0.2) is 8.42 Å². The van der Waals surface area contributed by atoms with Gasteiger partial charge >= 0.3 is 0 Å². The molecule has 0 fully saturated rings. The predicted molar refractivity (Wildman–Crippen MR) is 90.9 cm³/mol. The van der Waals surface area contributed by atoms with Crippen LogP contribution in [0.25, 0.3) is 0 Å². The first-order chi connectivity index (χ1) is 10.4.